The summed E-state index contributed by atoms with van der Waals surface area (Å²) in [6.45, 7) is 8.15. The Balaban J connectivity index is 1.48. The lowest BCUT2D eigenvalue weighted by Gasteiger charge is -2.12. The summed E-state index contributed by atoms with van der Waals surface area (Å²) in [5.74, 6) is 0. The minimum atomic E-state index is 0.439. The van der Waals surface area contributed by atoms with Crippen molar-refractivity contribution in [2.75, 3.05) is 10.6 Å². The van der Waals surface area contributed by atoms with Crippen LogP contribution >= 0.6 is 24.4 Å². The molecule has 0 heterocycles. The molecule has 174 valence electrons. The number of para-hydroxylation sites is 2. The highest BCUT2D eigenvalue weighted by atomic mass is 32.1. The number of nitrogens with zero attached hydrogens (tertiary/aromatic N) is 2. The van der Waals surface area contributed by atoms with Crippen molar-refractivity contribution in [1.82, 2.24) is 10.9 Å². The Morgan fingerprint density at radius 3 is 1.24 bits per heavy atom. The molecule has 3 aromatic carbocycles. The van der Waals surface area contributed by atoms with Gasteiger partial charge in [0.15, 0.2) is 10.2 Å². The van der Waals surface area contributed by atoms with E-state index in [-0.39, 0.29) is 0 Å². The van der Waals surface area contributed by atoms with Gasteiger partial charge in [-0.25, -0.2) is 0 Å². The van der Waals surface area contributed by atoms with Gasteiger partial charge in [0.2, 0.25) is 0 Å². The van der Waals surface area contributed by atoms with E-state index in [1.165, 1.54) is 0 Å². The molecule has 6 nitrogen and oxygen atoms in total. The molecule has 0 bridgehead atoms. The third kappa shape index (κ3) is 7.19. The first-order valence-corrected chi connectivity index (χ1v) is 11.6. The Kier molecular flexibility index (Phi) is 8.84. The lowest BCUT2D eigenvalue weighted by molar-refractivity contribution is 1.05. The summed E-state index contributed by atoms with van der Waals surface area (Å²) in [6, 6.07) is 20.0. The molecule has 0 amide bonds. The molecule has 0 fully saturated rings. The van der Waals surface area contributed by atoms with E-state index in [0.29, 0.717) is 10.2 Å². The van der Waals surface area contributed by atoms with Gasteiger partial charge in [-0.05, 0) is 85.5 Å². The molecule has 0 saturated carbocycles. The van der Waals surface area contributed by atoms with Crippen LogP contribution in [0.4, 0.5) is 11.4 Å². The number of benzene rings is 3. The second-order valence-corrected chi connectivity index (χ2v) is 8.67. The van der Waals surface area contributed by atoms with Gasteiger partial charge >= 0.3 is 0 Å². The van der Waals surface area contributed by atoms with Crippen LogP contribution in [0.1, 0.15) is 33.4 Å². The highest BCUT2D eigenvalue weighted by molar-refractivity contribution is 7.80. The SMILES string of the molecule is Cc1cccc(C)c1NC(=S)NN=Cc1ccc(C=NNC(=S)Nc2c(C)cccc2C)cc1. The minimum absolute atomic E-state index is 0.439. The van der Waals surface area contributed by atoms with E-state index in [2.05, 4.69) is 31.7 Å². The second-order valence-electron chi connectivity index (χ2n) is 7.85. The van der Waals surface area contributed by atoms with Crippen molar-refractivity contribution in [3.8, 4) is 0 Å². The Bertz CT molecular complexity index is 1100. The van der Waals surface area contributed by atoms with E-state index < -0.39 is 0 Å². The molecule has 8 heteroatoms. The van der Waals surface area contributed by atoms with Gasteiger partial charge in [-0.2, -0.15) is 10.2 Å². The molecule has 0 aromatic heterocycles. The van der Waals surface area contributed by atoms with Crippen LogP contribution in [0, 0.1) is 27.7 Å². The zero-order valence-corrected chi connectivity index (χ0v) is 21.3. The number of nitrogens with one attached hydrogen (secondary N) is 4. The molecule has 34 heavy (non-hydrogen) atoms. The monoisotopic (exact) mass is 488 g/mol. The first-order valence-electron chi connectivity index (χ1n) is 10.8. The largest absolute Gasteiger partial charge is 0.331 e. The number of rotatable bonds is 6. The molecule has 4 N–H and O–H groups in total. The van der Waals surface area contributed by atoms with Crippen LogP contribution in [-0.4, -0.2) is 22.7 Å². The van der Waals surface area contributed by atoms with Crippen LogP contribution in [0.25, 0.3) is 0 Å². The summed E-state index contributed by atoms with van der Waals surface area (Å²) in [4.78, 5) is 0. The lowest BCUT2D eigenvalue weighted by atomic mass is 10.1. The molecule has 0 spiro atoms. The van der Waals surface area contributed by atoms with Crippen LogP contribution in [0.5, 0.6) is 0 Å². The summed E-state index contributed by atoms with van der Waals surface area (Å²) in [7, 11) is 0. The predicted octanol–water partition coefficient (Wildman–Crippen LogP) is 5.56. The van der Waals surface area contributed by atoms with Gasteiger partial charge in [-0.1, -0.05) is 60.7 Å². The molecule has 0 saturated heterocycles. The fraction of sp³-hybridized carbons (Fsp3) is 0.154. The van der Waals surface area contributed by atoms with E-state index >= 15 is 0 Å². The van der Waals surface area contributed by atoms with Crippen molar-refractivity contribution in [3.63, 3.8) is 0 Å². The zero-order chi connectivity index (χ0) is 24.5. The summed E-state index contributed by atoms with van der Waals surface area (Å²) >= 11 is 10.7. The van der Waals surface area contributed by atoms with Crippen LogP contribution in [0.2, 0.25) is 0 Å². The van der Waals surface area contributed by atoms with Crippen molar-refractivity contribution in [1.29, 1.82) is 0 Å². The summed E-state index contributed by atoms with van der Waals surface area (Å²) in [5.41, 5.74) is 14.1. The van der Waals surface area contributed by atoms with E-state index in [9.17, 15) is 0 Å². The maximum absolute atomic E-state index is 5.34. The molecule has 0 aliphatic rings. The molecule has 0 aliphatic carbocycles. The third-order valence-corrected chi connectivity index (χ3v) is 5.52. The van der Waals surface area contributed by atoms with Gasteiger partial charge < -0.3 is 10.6 Å². The first kappa shape index (κ1) is 25.0. The Morgan fingerprint density at radius 2 is 0.912 bits per heavy atom. The maximum Gasteiger partial charge on any atom is 0.191 e. The summed E-state index contributed by atoms with van der Waals surface area (Å²) in [5, 5.41) is 15.7. The van der Waals surface area contributed by atoms with Gasteiger partial charge in [-0.3, -0.25) is 10.9 Å². The number of thiocarbonyl (C=S) groups is 2. The summed E-state index contributed by atoms with van der Waals surface area (Å²) < 4.78 is 0. The zero-order valence-electron chi connectivity index (χ0n) is 19.6. The van der Waals surface area contributed by atoms with Gasteiger partial charge in [0.1, 0.15) is 0 Å². The molecule has 3 aromatic rings. The van der Waals surface area contributed by atoms with Crippen LogP contribution in [-0.2, 0) is 0 Å². The molecule has 0 aliphatic heterocycles. The van der Waals surface area contributed by atoms with Gasteiger partial charge in [-0.15, -0.1) is 0 Å². The highest BCUT2D eigenvalue weighted by Gasteiger charge is 2.04. The Morgan fingerprint density at radius 1 is 0.588 bits per heavy atom. The molecule has 0 radical (unpaired) electrons. The van der Waals surface area contributed by atoms with E-state index in [0.717, 1.165) is 44.8 Å². The van der Waals surface area contributed by atoms with Crippen LogP contribution in [0.15, 0.2) is 70.9 Å². The van der Waals surface area contributed by atoms with E-state index in [1.54, 1.807) is 12.4 Å². The van der Waals surface area contributed by atoms with Crippen molar-refractivity contribution in [3.05, 3.63) is 94.0 Å². The summed E-state index contributed by atoms with van der Waals surface area (Å²) in [6.07, 6.45) is 3.42. The molecule has 3 rings (SSSR count). The van der Waals surface area contributed by atoms with Crippen molar-refractivity contribution in [2.45, 2.75) is 27.7 Å². The smallest absolute Gasteiger partial charge is 0.191 e. The maximum atomic E-state index is 5.34. The number of hydrazone groups is 2. The Hall–Kier alpha value is -3.62. The van der Waals surface area contributed by atoms with E-state index in [1.807, 2.05) is 88.4 Å². The van der Waals surface area contributed by atoms with Crippen molar-refractivity contribution < 1.29 is 0 Å². The number of hydrogen-bond donors (Lipinski definition) is 4. The normalized spacial score (nSPS) is 10.9. The van der Waals surface area contributed by atoms with Gasteiger partial charge in [0.25, 0.3) is 0 Å². The average molecular weight is 489 g/mol. The third-order valence-electron chi connectivity index (χ3n) is 5.14. The quantitative estimate of drug-likeness (QED) is 0.207. The molecule has 0 unspecified atom stereocenters. The molecular weight excluding hydrogens is 460 g/mol. The number of anilines is 2. The fourth-order valence-corrected chi connectivity index (χ4v) is 3.61. The van der Waals surface area contributed by atoms with Crippen molar-refractivity contribution in [2.24, 2.45) is 10.2 Å². The van der Waals surface area contributed by atoms with Crippen molar-refractivity contribution >= 4 is 58.5 Å². The predicted molar refractivity (Wildman–Crippen MR) is 152 cm³/mol. The van der Waals surface area contributed by atoms with E-state index in [4.69, 9.17) is 24.4 Å². The molecular formula is C26H28N6S2. The first-order chi connectivity index (χ1) is 16.3. The topological polar surface area (TPSA) is 72.8 Å². The van der Waals surface area contributed by atoms with Crippen LogP contribution < -0.4 is 21.5 Å². The number of hydrogen-bond acceptors (Lipinski definition) is 4. The standard InChI is InChI=1S/C26H28N6S2/c1-17-7-5-8-18(2)23(17)29-25(33)31-27-15-21-11-13-22(14-12-21)16-28-32-26(34)30-24-19(3)9-6-10-20(24)4/h5-16H,1-4H3,(H2,29,31,33)(H2,30,32,34). The van der Waals surface area contributed by atoms with Crippen LogP contribution in [0.3, 0.4) is 0 Å². The second kappa shape index (κ2) is 12.0. The highest BCUT2D eigenvalue weighted by Crippen LogP contribution is 2.20. The van der Waals surface area contributed by atoms with Gasteiger partial charge in [0, 0.05) is 11.4 Å². The van der Waals surface area contributed by atoms with Gasteiger partial charge in [0.05, 0.1) is 12.4 Å². The number of aryl methyl sites for hydroxylation is 4. The minimum Gasteiger partial charge on any atom is -0.331 e. The lowest BCUT2D eigenvalue weighted by Crippen LogP contribution is -2.24. The Labute approximate surface area is 211 Å². The average Bonchev–Trinajstić information content (AvgIpc) is 2.80. The molecule has 0 atom stereocenters. The fourth-order valence-electron chi connectivity index (χ4n) is 3.31.